The third-order valence-corrected chi connectivity index (χ3v) is 5.47. The zero-order valence-electron chi connectivity index (χ0n) is 15.4. The summed E-state index contributed by atoms with van der Waals surface area (Å²) in [7, 11) is 0. The number of hydrogen-bond donors (Lipinski definition) is 0. The molecule has 1 aliphatic carbocycles. The molecule has 0 atom stereocenters. The molecule has 4 rings (SSSR count). The van der Waals surface area contributed by atoms with Crippen molar-refractivity contribution in [2.75, 3.05) is 13.1 Å². The lowest BCUT2D eigenvalue weighted by Crippen LogP contribution is -2.36. The Balaban J connectivity index is 1.84. The van der Waals surface area contributed by atoms with Crippen LogP contribution in [0.1, 0.15) is 48.7 Å². The maximum Gasteiger partial charge on any atom is 0.256 e. The van der Waals surface area contributed by atoms with E-state index in [0.717, 1.165) is 61.3 Å². The first-order valence-corrected chi connectivity index (χ1v) is 9.80. The van der Waals surface area contributed by atoms with Crippen LogP contribution in [0.2, 0.25) is 0 Å². The van der Waals surface area contributed by atoms with Crippen molar-refractivity contribution in [2.24, 2.45) is 5.92 Å². The number of carbonyl (C=O) groups is 1. The zero-order chi connectivity index (χ0) is 18.1. The standard InChI is InChI=1S/C22H26N2O2/c1-2-12-23(15-16-10-11-16)22(26)21-18(17-7-4-3-5-8-17)14-20(25)24-13-6-9-19(21)24/h3-5,7-8,14,16H,2,6,9-13,15H2,1H3. The summed E-state index contributed by atoms with van der Waals surface area (Å²) in [5.41, 5.74) is 3.44. The molecule has 2 aliphatic rings. The Morgan fingerprint density at radius 2 is 2.00 bits per heavy atom. The fourth-order valence-corrected chi connectivity index (χ4v) is 4.01. The molecule has 0 unspecified atom stereocenters. The van der Waals surface area contributed by atoms with Crippen molar-refractivity contribution >= 4 is 5.91 Å². The number of fused-ring (bicyclic) bond motifs is 1. The molecular weight excluding hydrogens is 324 g/mol. The van der Waals surface area contributed by atoms with Gasteiger partial charge in [-0.2, -0.15) is 0 Å². The molecule has 0 spiro atoms. The number of hydrogen-bond acceptors (Lipinski definition) is 2. The monoisotopic (exact) mass is 350 g/mol. The lowest BCUT2D eigenvalue weighted by Gasteiger charge is -2.25. The van der Waals surface area contributed by atoms with E-state index in [1.54, 1.807) is 10.6 Å². The summed E-state index contributed by atoms with van der Waals surface area (Å²) in [6.45, 7) is 4.47. The van der Waals surface area contributed by atoms with Crippen molar-refractivity contribution in [3.8, 4) is 11.1 Å². The summed E-state index contributed by atoms with van der Waals surface area (Å²) >= 11 is 0. The minimum atomic E-state index is 0.0112. The van der Waals surface area contributed by atoms with Gasteiger partial charge in [-0.1, -0.05) is 37.3 Å². The Bertz CT molecular complexity index is 866. The molecule has 1 aliphatic heterocycles. The van der Waals surface area contributed by atoms with Crippen molar-refractivity contribution in [3.05, 3.63) is 58.0 Å². The topological polar surface area (TPSA) is 42.3 Å². The van der Waals surface area contributed by atoms with Gasteiger partial charge in [0.05, 0.1) is 5.56 Å². The van der Waals surface area contributed by atoms with E-state index in [9.17, 15) is 9.59 Å². The van der Waals surface area contributed by atoms with Gasteiger partial charge in [0, 0.05) is 37.0 Å². The Labute approximate surface area is 154 Å². The Kier molecular flexibility index (Phi) is 4.66. The summed E-state index contributed by atoms with van der Waals surface area (Å²) < 4.78 is 1.81. The highest BCUT2D eigenvalue weighted by molar-refractivity contribution is 6.02. The van der Waals surface area contributed by atoms with Gasteiger partial charge in [-0.15, -0.1) is 0 Å². The molecule has 4 nitrogen and oxygen atoms in total. The highest BCUT2D eigenvalue weighted by Crippen LogP contribution is 2.33. The average Bonchev–Trinajstić information content (AvgIpc) is 3.34. The van der Waals surface area contributed by atoms with E-state index in [1.807, 2.05) is 35.2 Å². The van der Waals surface area contributed by atoms with Crippen LogP contribution in [0.15, 0.2) is 41.2 Å². The predicted molar refractivity (Wildman–Crippen MR) is 103 cm³/mol. The van der Waals surface area contributed by atoms with E-state index in [4.69, 9.17) is 0 Å². The number of nitrogens with zero attached hydrogens (tertiary/aromatic N) is 2. The highest BCUT2D eigenvalue weighted by Gasteiger charge is 2.31. The number of amides is 1. The Morgan fingerprint density at radius 3 is 2.69 bits per heavy atom. The number of rotatable bonds is 6. The molecule has 1 fully saturated rings. The van der Waals surface area contributed by atoms with Crippen molar-refractivity contribution in [3.63, 3.8) is 0 Å². The van der Waals surface area contributed by atoms with E-state index >= 15 is 0 Å². The van der Waals surface area contributed by atoms with Crippen molar-refractivity contribution in [2.45, 2.75) is 45.6 Å². The van der Waals surface area contributed by atoms with E-state index in [1.165, 1.54) is 12.8 Å². The first kappa shape index (κ1) is 17.1. The van der Waals surface area contributed by atoms with Crippen LogP contribution in [0.5, 0.6) is 0 Å². The Hall–Kier alpha value is -2.36. The van der Waals surface area contributed by atoms with E-state index in [0.29, 0.717) is 5.92 Å². The van der Waals surface area contributed by atoms with Gasteiger partial charge in [-0.05, 0) is 43.6 Å². The predicted octanol–water partition coefficient (Wildman–Crippen LogP) is 3.72. The van der Waals surface area contributed by atoms with Crippen molar-refractivity contribution in [1.29, 1.82) is 0 Å². The molecule has 1 saturated carbocycles. The molecule has 0 N–H and O–H groups in total. The van der Waals surface area contributed by atoms with Gasteiger partial charge in [0.2, 0.25) is 0 Å². The maximum atomic E-state index is 13.6. The van der Waals surface area contributed by atoms with E-state index in [2.05, 4.69) is 6.92 Å². The third kappa shape index (κ3) is 3.20. The van der Waals surface area contributed by atoms with Gasteiger partial charge in [-0.25, -0.2) is 0 Å². The van der Waals surface area contributed by atoms with Gasteiger partial charge in [0.15, 0.2) is 0 Å². The van der Waals surface area contributed by atoms with E-state index in [-0.39, 0.29) is 11.5 Å². The van der Waals surface area contributed by atoms with Gasteiger partial charge >= 0.3 is 0 Å². The summed E-state index contributed by atoms with van der Waals surface area (Å²) in [5, 5.41) is 0. The molecule has 0 saturated heterocycles. The second-order valence-electron chi connectivity index (χ2n) is 7.53. The fourth-order valence-electron chi connectivity index (χ4n) is 4.01. The number of pyridine rings is 1. The molecule has 2 aromatic rings. The molecule has 0 radical (unpaired) electrons. The van der Waals surface area contributed by atoms with Gasteiger partial charge in [-0.3, -0.25) is 9.59 Å². The average molecular weight is 350 g/mol. The summed E-state index contributed by atoms with van der Waals surface area (Å²) in [6.07, 6.45) is 5.15. The minimum absolute atomic E-state index is 0.0112. The minimum Gasteiger partial charge on any atom is -0.338 e. The maximum absolute atomic E-state index is 13.6. The third-order valence-electron chi connectivity index (χ3n) is 5.47. The molecule has 0 bridgehead atoms. The van der Waals surface area contributed by atoms with Crippen LogP contribution in [0.3, 0.4) is 0 Å². The smallest absolute Gasteiger partial charge is 0.256 e. The van der Waals surface area contributed by atoms with Crippen LogP contribution in [0.4, 0.5) is 0 Å². The molecule has 1 amide bonds. The van der Waals surface area contributed by atoms with Crippen LogP contribution < -0.4 is 5.56 Å². The lowest BCUT2D eigenvalue weighted by molar-refractivity contribution is 0.0746. The van der Waals surface area contributed by atoms with E-state index < -0.39 is 0 Å². The molecule has 1 aromatic carbocycles. The molecular formula is C22H26N2O2. The summed E-state index contributed by atoms with van der Waals surface area (Å²) in [5.74, 6) is 0.758. The quantitative estimate of drug-likeness (QED) is 0.797. The number of benzene rings is 1. The van der Waals surface area contributed by atoms with Crippen LogP contribution in [-0.4, -0.2) is 28.5 Å². The highest BCUT2D eigenvalue weighted by atomic mass is 16.2. The van der Waals surface area contributed by atoms with Gasteiger partial charge in [0.1, 0.15) is 0 Å². The number of aromatic nitrogens is 1. The molecule has 2 heterocycles. The second kappa shape index (κ2) is 7.10. The number of carbonyl (C=O) groups excluding carboxylic acids is 1. The lowest BCUT2D eigenvalue weighted by atomic mass is 9.96. The largest absolute Gasteiger partial charge is 0.338 e. The van der Waals surface area contributed by atoms with Crippen molar-refractivity contribution in [1.82, 2.24) is 9.47 Å². The first-order chi connectivity index (χ1) is 12.7. The van der Waals surface area contributed by atoms with Crippen LogP contribution in [0.25, 0.3) is 11.1 Å². The summed E-state index contributed by atoms with van der Waals surface area (Å²) in [6, 6.07) is 11.5. The van der Waals surface area contributed by atoms with Crippen LogP contribution >= 0.6 is 0 Å². The summed E-state index contributed by atoms with van der Waals surface area (Å²) in [4.78, 5) is 28.2. The normalized spacial score (nSPS) is 15.7. The van der Waals surface area contributed by atoms with Crippen LogP contribution in [0, 0.1) is 5.92 Å². The molecule has 4 heteroatoms. The van der Waals surface area contributed by atoms with Gasteiger partial charge < -0.3 is 9.47 Å². The fraction of sp³-hybridized carbons (Fsp3) is 0.455. The van der Waals surface area contributed by atoms with Gasteiger partial charge in [0.25, 0.3) is 11.5 Å². The molecule has 26 heavy (non-hydrogen) atoms. The van der Waals surface area contributed by atoms with Crippen LogP contribution in [-0.2, 0) is 13.0 Å². The SMILES string of the molecule is CCCN(CC1CC1)C(=O)c1c(-c2ccccc2)cc(=O)n2c1CCC2. The van der Waals surface area contributed by atoms with Crippen molar-refractivity contribution < 1.29 is 4.79 Å². The molecule has 1 aromatic heterocycles. The second-order valence-corrected chi connectivity index (χ2v) is 7.53. The molecule has 136 valence electrons. The zero-order valence-corrected chi connectivity index (χ0v) is 15.4. The Morgan fingerprint density at radius 1 is 1.23 bits per heavy atom. The first-order valence-electron chi connectivity index (χ1n) is 9.80.